The minimum Gasteiger partial charge on any atom is -0.423 e. The summed E-state index contributed by atoms with van der Waals surface area (Å²) in [5, 5.41) is 0. The first-order valence-corrected chi connectivity index (χ1v) is 10.1. The molecule has 0 aliphatic rings. The van der Waals surface area contributed by atoms with Crippen molar-refractivity contribution in [1.29, 1.82) is 0 Å². The second-order valence-electron chi connectivity index (χ2n) is 5.63. The van der Waals surface area contributed by atoms with Crippen LogP contribution in [-0.2, 0) is 9.59 Å². The van der Waals surface area contributed by atoms with Crippen LogP contribution in [0, 0.1) is 0 Å². The second kappa shape index (κ2) is 9.39. The van der Waals surface area contributed by atoms with Gasteiger partial charge in [0.05, 0.1) is 0 Å². The summed E-state index contributed by atoms with van der Waals surface area (Å²) in [6.45, 7) is 10.3. The molecule has 0 heterocycles. The van der Waals surface area contributed by atoms with Crippen LogP contribution in [0.1, 0.15) is 13.8 Å². The SMILES string of the molecule is C=C(C)C(=O)Oc1ccc(Sc2ccc(OC(=O)C(=C)C)cc2Br)c(Br)c1. The molecule has 4 nitrogen and oxygen atoms in total. The molecule has 0 saturated heterocycles. The molecule has 0 radical (unpaired) electrons. The van der Waals surface area contributed by atoms with Gasteiger partial charge in [-0.2, -0.15) is 0 Å². The number of hydrogen-bond acceptors (Lipinski definition) is 5. The number of ether oxygens (including phenoxy) is 2. The largest absolute Gasteiger partial charge is 0.423 e. The Morgan fingerprint density at radius 2 is 1.19 bits per heavy atom. The average Bonchev–Trinajstić information content (AvgIpc) is 2.59. The highest BCUT2D eigenvalue weighted by molar-refractivity contribution is 9.11. The third kappa shape index (κ3) is 6.09. The lowest BCUT2D eigenvalue weighted by Crippen LogP contribution is -2.08. The summed E-state index contributed by atoms with van der Waals surface area (Å²) in [5.41, 5.74) is 0.668. The van der Waals surface area contributed by atoms with Gasteiger partial charge in [-0.15, -0.1) is 0 Å². The number of rotatable bonds is 6. The molecule has 0 bridgehead atoms. The first kappa shape index (κ1) is 21.5. The van der Waals surface area contributed by atoms with E-state index in [1.165, 1.54) is 11.8 Å². The van der Waals surface area contributed by atoms with Gasteiger partial charge in [-0.05, 0) is 82.1 Å². The van der Waals surface area contributed by atoms with E-state index < -0.39 is 11.9 Å². The summed E-state index contributed by atoms with van der Waals surface area (Å²) in [5.74, 6) is -0.0735. The van der Waals surface area contributed by atoms with Crippen LogP contribution >= 0.6 is 43.6 Å². The van der Waals surface area contributed by atoms with Gasteiger partial charge in [0.1, 0.15) is 11.5 Å². The van der Waals surface area contributed by atoms with E-state index in [-0.39, 0.29) is 0 Å². The molecule has 0 unspecified atom stereocenters. The first-order valence-electron chi connectivity index (χ1n) is 7.69. The fourth-order valence-electron chi connectivity index (χ4n) is 1.76. The minimum atomic E-state index is -0.468. The predicted molar refractivity (Wildman–Crippen MR) is 113 cm³/mol. The first-order chi connectivity index (χ1) is 12.7. The van der Waals surface area contributed by atoms with Crippen LogP contribution in [0.5, 0.6) is 11.5 Å². The third-order valence-corrected chi connectivity index (χ3v) is 6.13. The lowest BCUT2D eigenvalue weighted by molar-refractivity contribution is -0.130. The van der Waals surface area contributed by atoms with Gasteiger partial charge in [-0.1, -0.05) is 24.9 Å². The topological polar surface area (TPSA) is 52.6 Å². The van der Waals surface area contributed by atoms with E-state index in [4.69, 9.17) is 9.47 Å². The zero-order valence-corrected chi connectivity index (χ0v) is 18.7. The van der Waals surface area contributed by atoms with E-state index in [0.717, 1.165) is 18.7 Å². The summed E-state index contributed by atoms with van der Waals surface area (Å²) in [6, 6.07) is 10.6. The molecule has 140 valence electrons. The van der Waals surface area contributed by atoms with Crippen LogP contribution < -0.4 is 9.47 Å². The molecule has 0 aliphatic heterocycles. The molecule has 2 aromatic rings. The normalized spacial score (nSPS) is 10.2. The smallest absolute Gasteiger partial charge is 0.338 e. The zero-order chi connectivity index (χ0) is 20.1. The number of carbonyl (C=O) groups excluding carboxylic acids is 2. The van der Waals surface area contributed by atoms with Crippen molar-refractivity contribution in [2.75, 3.05) is 0 Å². The standard InChI is InChI=1S/C20H16Br2O4S/c1-11(2)19(23)25-13-5-7-17(15(21)9-13)27-18-8-6-14(10-16(18)22)26-20(24)12(3)4/h5-10H,1,3H2,2,4H3. The second-order valence-corrected chi connectivity index (χ2v) is 8.42. The Hall–Kier alpha value is -1.83. The Labute approximate surface area is 178 Å². The molecule has 0 saturated carbocycles. The van der Waals surface area contributed by atoms with Crippen LogP contribution in [-0.4, -0.2) is 11.9 Å². The van der Waals surface area contributed by atoms with Crippen molar-refractivity contribution in [3.8, 4) is 11.5 Å². The summed E-state index contributed by atoms with van der Waals surface area (Å²) < 4.78 is 12.0. The van der Waals surface area contributed by atoms with Crippen molar-refractivity contribution in [1.82, 2.24) is 0 Å². The molecule has 0 fully saturated rings. The Balaban J connectivity index is 2.14. The summed E-state index contributed by atoms with van der Waals surface area (Å²) >= 11 is 8.48. The molecule has 0 N–H and O–H groups in total. The molecule has 27 heavy (non-hydrogen) atoms. The Bertz CT molecular complexity index is 862. The Morgan fingerprint density at radius 1 is 0.815 bits per heavy atom. The Morgan fingerprint density at radius 3 is 1.48 bits per heavy atom. The van der Waals surface area contributed by atoms with Gasteiger partial charge in [0.2, 0.25) is 0 Å². The van der Waals surface area contributed by atoms with Gasteiger partial charge < -0.3 is 9.47 Å². The van der Waals surface area contributed by atoms with Gasteiger partial charge in [0.25, 0.3) is 0 Å². The van der Waals surface area contributed by atoms with Crippen molar-refractivity contribution in [3.63, 3.8) is 0 Å². The maximum absolute atomic E-state index is 11.6. The van der Waals surface area contributed by atoms with E-state index in [2.05, 4.69) is 45.0 Å². The number of hydrogen-bond donors (Lipinski definition) is 0. The van der Waals surface area contributed by atoms with Crippen molar-refractivity contribution in [2.24, 2.45) is 0 Å². The van der Waals surface area contributed by atoms with Gasteiger partial charge >= 0.3 is 11.9 Å². The highest BCUT2D eigenvalue weighted by atomic mass is 79.9. The van der Waals surface area contributed by atoms with E-state index in [1.807, 2.05) is 12.1 Å². The van der Waals surface area contributed by atoms with Crippen molar-refractivity contribution < 1.29 is 19.1 Å². The monoisotopic (exact) mass is 510 g/mol. The molecule has 0 atom stereocenters. The molecule has 0 amide bonds. The molecule has 2 aromatic carbocycles. The lowest BCUT2D eigenvalue weighted by atomic mass is 10.3. The molecule has 2 rings (SSSR count). The van der Waals surface area contributed by atoms with E-state index in [1.54, 1.807) is 38.1 Å². The van der Waals surface area contributed by atoms with Gasteiger partial charge in [0.15, 0.2) is 0 Å². The number of benzene rings is 2. The maximum atomic E-state index is 11.6. The van der Waals surface area contributed by atoms with Gasteiger partial charge in [0, 0.05) is 29.9 Å². The molecule has 0 aliphatic carbocycles. The average molecular weight is 512 g/mol. The van der Waals surface area contributed by atoms with Gasteiger partial charge in [-0.3, -0.25) is 0 Å². The quantitative estimate of drug-likeness (QED) is 0.258. The molecule has 7 heteroatoms. The van der Waals surface area contributed by atoms with Crippen LogP contribution in [0.4, 0.5) is 0 Å². The van der Waals surface area contributed by atoms with E-state index >= 15 is 0 Å². The van der Waals surface area contributed by atoms with Crippen LogP contribution in [0.15, 0.2) is 79.4 Å². The summed E-state index contributed by atoms with van der Waals surface area (Å²) in [6.07, 6.45) is 0. The fraction of sp³-hybridized carbons (Fsp3) is 0.100. The number of esters is 2. The molecule has 0 aromatic heterocycles. The maximum Gasteiger partial charge on any atom is 0.338 e. The van der Waals surface area contributed by atoms with E-state index in [9.17, 15) is 9.59 Å². The fourth-order valence-corrected chi connectivity index (χ4v) is 3.79. The van der Waals surface area contributed by atoms with Crippen molar-refractivity contribution >= 4 is 55.6 Å². The highest BCUT2D eigenvalue weighted by Gasteiger charge is 2.12. The third-order valence-electron chi connectivity index (χ3n) is 3.14. The minimum absolute atomic E-state index is 0.334. The zero-order valence-electron chi connectivity index (χ0n) is 14.7. The number of carbonyl (C=O) groups is 2. The molecular formula is C20H16Br2O4S. The molecule has 0 spiro atoms. The van der Waals surface area contributed by atoms with Crippen LogP contribution in [0.25, 0.3) is 0 Å². The number of halogens is 2. The Kier molecular flexibility index (Phi) is 7.47. The van der Waals surface area contributed by atoms with Gasteiger partial charge in [-0.25, -0.2) is 9.59 Å². The van der Waals surface area contributed by atoms with Crippen LogP contribution in [0.2, 0.25) is 0 Å². The predicted octanol–water partition coefficient (Wildman–Crippen LogP) is 6.33. The van der Waals surface area contributed by atoms with Crippen molar-refractivity contribution in [3.05, 3.63) is 69.6 Å². The summed E-state index contributed by atoms with van der Waals surface area (Å²) in [7, 11) is 0. The van der Waals surface area contributed by atoms with Crippen molar-refractivity contribution in [2.45, 2.75) is 23.6 Å². The lowest BCUT2D eigenvalue weighted by Gasteiger charge is -2.10. The molecular weight excluding hydrogens is 496 g/mol. The van der Waals surface area contributed by atoms with Crippen LogP contribution in [0.3, 0.4) is 0 Å². The highest BCUT2D eigenvalue weighted by Crippen LogP contribution is 2.40. The summed E-state index contributed by atoms with van der Waals surface area (Å²) in [4.78, 5) is 25.1. The van der Waals surface area contributed by atoms with E-state index in [0.29, 0.717) is 22.6 Å².